The highest BCUT2D eigenvalue weighted by Gasteiger charge is 2.58. The number of likely N-dealkylation sites (tertiary alicyclic amines) is 1. The molecule has 2 nitrogen and oxygen atoms in total. The molecular formula is C30H35NO. The van der Waals surface area contributed by atoms with Gasteiger partial charge in [0.1, 0.15) is 0 Å². The molecule has 2 aliphatic carbocycles. The van der Waals surface area contributed by atoms with Gasteiger partial charge >= 0.3 is 0 Å². The van der Waals surface area contributed by atoms with Crippen LogP contribution in [0.4, 0.5) is 0 Å². The summed E-state index contributed by atoms with van der Waals surface area (Å²) in [5.41, 5.74) is 5.66. The van der Waals surface area contributed by atoms with Gasteiger partial charge in [-0.2, -0.15) is 0 Å². The van der Waals surface area contributed by atoms with Gasteiger partial charge < -0.3 is 4.74 Å². The average Bonchev–Trinajstić information content (AvgIpc) is 3.40. The van der Waals surface area contributed by atoms with Crippen LogP contribution in [0.5, 0.6) is 0 Å². The van der Waals surface area contributed by atoms with Crippen LogP contribution < -0.4 is 0 Å². The molecule has 2 aliphatic heterocycles. The normalized spacial score (nSPS) is 31.8. The van der Waals surface area contributed by atoms with Crippen molar-refractivity contribution >= 4 is 6.08 Å². The molecule has 0 amide bonds. The molecule has 0 radical (unpaired) electrons. The van der Waals surface area contributed by atoms with Crippen molar-refractivity contribution in [1.82, 2.24) is 4.90 Å². The number of allylic oxidation sites excluding steroid dienone is 2. The SMILES string of the molecule is C(=C1/CCC[C@@H]2[C@H](c3ccccc3)C3=C(CCCC3)O[C@]12N1CCCC1)/c1ccccc1. The Morgan fingerprint density at radius 2 is 1.50 bits per heavy atom. The summed E-state index contributed by atoms with van der Waals surface area (Å²) in [7, 11) is 0. The predicted molar refractivity (Wildman–Crippen MR) is 131 cm³/mol. The monoisotopic (exact) mass is 425 g/mol. The van der Waals surface area contributed by atoms with Crippen LogP contribution in [0.3, 0.4) is 0 Å². The zero-order valence-electron chi connectivity index (χ0n) is 19.1. The maximum Gasteiger partial charge on any atom is 0.189 e. The molecule has 0 N–H and O–H groups in total. The molecule has 3 atom stereocenters. The van der Waals surface area contributed by atoms with Crippen LogP contribution in [0, 0.1) is 5.92 Å². The van der Waals surface area contributed by atoms with Gasteiger partial charge in [-0.25, -0.2) is 0 Å². The topological polar surface area (TPSA) is 12.5 Å². The molecule has 0 spiro atoms. The van der Waals surface area contributed by atoms with Gasteiger partial charge in [0.15, 0.2) is 5.72 Å². The molecule has 1 saturated carbocycles. The summed E-state index contributed by atoms with van der Waals surface area (Å²) >= 11 is 0. The Morgan fingerprint density at radius 3 is 2.28 bits per heavy atom. The predicted octanol–water partition coefficient (Wildman–Crippen LogP) is 7.30. The fraction of sp³-hybridized carbons (Fsp3) is 0.467. The quantitative estimate of drug-likeness (QED) is 0.511. The van der Waals surface area contributed by atoms with Crippen molar-refractivity contribution in [2.45, 2.75) is 69.4 Å². The van der Waals surface area contributed by atoms with E-state index in [0.717, 1.165) is 25.9 Å². The molecule has 6 rings (SSSR count). The number of ether oxygens (including phenoxy) is 1. The molecule has 0 aromatic heterocycles. The maximum atomic E-state index is 7.34. The average molecular weight is 426 g/mol. The first kappa shape index (κ1) is 20.3. The smallest absolute Gasteiger partial charge is 0.189 e. The first-order chi connectivity index (χ1) is 15.9. The number of hydrogen-bond acceptors (Lipinski definition) is 2. The highest BCUT2D eigenvalue weighted by Crippen LogP contribution is 2.58. The molecule has 2 aromatic rings. The second-order valence-corrected chi connectivity index (χ2v) is 10.1. The van der Waals surface area contributed by atoms with Crippen molar-refractivity contribution in [3.8, 4) is 0 Å². The largest absolute Gasteiger partial charge is 0.473 e. The van der Waals surface area contributed by atoms with Gasteiger partial charge in [-0.1, -0.05) is 66.7 Å². The van der Waals surface area contributed by atoms with Gasteiger partial charge in [0.25, 0.3) is 0 Å². The Balaban J connectivity index is 1.55. The number of hydrogen-bond donors (Lipinski definition) is 0. The molecule has 2 heteroatoms. The third-order valence-corrected chi connectivity index (χ3v) is 8.31. The summed E-state index contributed by atoms with van der Waals surface area (Å²) in [6.45, 7) is 2.32. The third kappa shape index (κ3) is 3.35. The Kier molecular flexibility index (Phi) is 5.43. The Labute approximate surface area is 193 Å². The highest BCUT2D eigenvalue weighted by atomic mass is 16.5. The fourth-order valence-electron chi connectivity index (χ4n) is 7.01. The number of benzene rings is 2. The van der Waals surface area contributed by atoms with Crippen LogP contribution in [0.1, 0.15) is 74.8 Å². The van der Waals surface area contributed by atoms with E-state index in [-0.39, 0.29) is 5.72 Å². The maximum absolute atomic E-state index is 7.34. The van der Waals surface area contributed by atoms with Gasteiger partial charge in [0.05, 0.1) is 5.76 Å². The van der Waals surface area contributed by atoms with Crippen molar-refractivity contribution in [2.75, 3.05) is 13.1 Å². The van der Waals surface area contributed by atoms with E-state index in [4.69, 9.17) is 4.74 Å². The molecule has 2 aromatic carbocycles. The molecule has 2 fully saturated rings. The summed E-state index contributed by atoms with van der Waals surface area (Å²) in [6.07, 6.45) is 13.6. The summed E-state index contributed by atoms with van der Waals surface area (Å²) < 4.78 is 7.34. The third-order valence-electron chi connectivity index (χ3n) is 8.31. The van der Waals surface area contributed by atoms with E-state index in [9.17, 15) is 0 Å². The summed E-state index contributed by atoms with van der Waals surface area (Å²) in [5, 5.41) is 0. The van der Waals surface area contributed by atoms with E-state index in [1.165, 1.54) is 67.4 Å². The van der Waals surface area contributed by atoms with Crippen LogP contribution in [0.25, 0.3) is 6.08 Å². The van der Waals surface area contributed by atoms with Gasteiger partial charge in [0, 0.05) is 31.3 Å². The molecule has 0 bridgehead atoms. The lowest BCUT2D eigenvalue weighted by Gasteiger charge is -2.57. The lowest BCUT2D eigenvalue weighted by Crippen LogP contribution is -2.61. The van der Waals surface area contributed by atoms with Gasteiger partial charge in [-0.3, -0.25) is 4.90 Å². The van der Waals surface area contributed by atoms with Crippen molar-refractivity contribution < 1.29 is 4.74 Å². The molecule has 2 heterocycles. The Morgan fingerprint density at radius 1 is 0.781 bits per heavy atom. The van der Waals surface area contributed by atoms with E-state index >= 15 is 0 Å². The highest BCUT2D eigenvalue weighted by molar-refractivity contribution is 5.57. The van der Waals surface area contributed by atoms with Gasteiger partial charge in [-0.05, 0) is 73.6 Å². The van der Waals surface area contributed by atoms with Crippen molar-refractivity contribution in [3.05, 3.63) is 88.7 Å². The van der Waals surface area contributed by atoms with Crippen LogP contribution in [-0.4, -0.2) is 23.7 Å². The molecular weight excluding hydrogens is 390 g/mol. The lowest BCUT2D eigenvalue weighted by molar-refractivity contribution is -0.161. The lowest BCUT2D eigenvalue weighted by atomic mass is 9.63. The summed E-state index contributed by atoms with van der Waals surface area (Å²) in [5.74, 6) is 2.30. The Hall–Kier alpha value is -2.32. The number of nitrogens with zero attached hydrogens (tertiary/aromatic N) is 1. The van der Waals surface area contributed by atoms with E-state index in [0.29, 0.717) is 11.8 Å². The minimum absolute atomic E-state index is 0.277. The molecule has 32 heavy (non-hydrogen) atoms. The van der Waals surface area contributed by atoms with Crippen LogP contribution in [-0.2, 0) is 4.74 Å². The Bertz CT molecular complexity index is 1000. The summed E-state index contributed by atoms with van der Waals surface area (Å²) in [4.78, 5) is 2.74. The second-order valence-electron chi connectivity index (χ2n) is 10.1. The van der Waals surface area contributed by atoms with Crippen LogP contribution in [0.2, 0.25) is 0 Å². The molecule has 0 unspecified atom stereocenters. The molecule has 1 saturated heterocycles. The van der Waals surface area contributed by atoms with E-state index < -0.39 is 0 Å². The van der Waals surface area contributed by atoms with Crippen molar-refractivity contribution in [3.63, 3.8) is 0 Å². The van der Waals surface area contributed by atoms with Crippen LogP contribution >= 0.6 is 0 Å². The minimum atomic E-state index is -0.277. The molecule has 166 valence electrons. The van der Waals surface area contributed by atoms with Gasteiger partial charge in [0.2, 0.25) is 0 Å². The second kappa shape index (κ2) is 8.56. The number of fused-ring (bicyclic) bond motifs is 1. The van der Waals surface area contributed by atoms with E-state index in [2.05, 4.69) is 71.6 Å². The van der Waals surface area contributed by atoms with Crippen molar-refractivity contribution in [2.24, 2.45) is 5.92 Å². The van der Waals surface area contributed by atoms with Gasteiger partial charge in [-0.15, -0.1) is 0 Å². The zero-order valence-corrected chi connectivity index (χ0v) is 19.1. The first-order valence-electron chi connectivity index (χ1n) is 12.8. The van der Waals surface area contributed by atoms with Crippen LogP contribution in [0.15, 0.2) is 77.6 Å². The molecule has 4 aliphatic rings. The van der Waals surface area contributed by atoms with Crippen molar-refractivity contribution in [1.29, 1.82) is 0 Å². The number of rotatable bonds is 3. The fourth-order valence-corrected chi connectivity index (χ4v) is 7.01. The zero-order chi connectivity index (χ0) is 21.4. The standard InChI is InChI=1S/C30H35NO/c1-3-12-23(13-4-1)22-25-16-11-18-27-29(24-14-5-2-6-15-24)26-17-7-8-19-28(26)32-30(25,27)31-20-9-10-21-31/h1-6,12-15,22,27,29H,7-11,16-21H2/b25-22+/t27-,29-,30-/m1/s1. The minimum Gasteiger partial charge on any atom is -0.473 e. The summed E-state index contributed by atoms with van der Waals surface area (Å²) in [6, 6.07) is 22.3. The van der Waals surface area contributed by atoms with E-state index in [1.54, 1.807) is 5.57 Å². The van der Waals surface area contributed by atoms with E-state index in [1.807, 2.05) is 0 Å². The first-order valence-corrected chi connectivity index (χ1v) is 12.8.